The Bertz CT molecular complexity index is 1150. The summed E-state index contributed by atoms with van der Waals surface area (Å²) in [6.07, 6.45) is 0. The molecule has 0 bridgehead atoms. The first-order valence-electron chi connectivity index (χ1n) is 7.91. The molecule has 5 nitrogen and oxygen atoms in total. The van der Waals surface area contributed by atoms with Crippen LogP contribution in [-0.2, 0) is 0 Å². The number of nitrogens with zero attached hydrogens (tertiary/aromatic N) is 1. The van der Waals surface area contributed by atoms with Gasteiger partial charge in [0.05, 0.1) is 29.3 Å². The van der Waals surface area contributed by atoms with Crippen molar-refractivity contribution in [3.63, 3.8) is 0 Å². The van der Waals surface area contributed by atoms with Crippen LogP contribution in [-0.4, -0.2) is 30.4 Å². The van der Waals surface area contributed by atoms with Crippen molar-refractivity contribution in [2.45, 2.75) is 0 Å². The summed E-state index contributed by atoms with van der Waals surface area (Å²) in [6, 6.07) is 13.1. The number of ether oxygens (including phenoxy) is 1. The van der Waals surface area contributed by atoms with Gasteiger partial charge in [-0.2, -0.15) is 0 Å². The fourth-order valence-electron chi connectivity index (χ4n) is 2.96. The lowest BCUT2D eigenvalue weighted by Crippen LogP contribution is -2.10. The van der Waals surface area contributed by atoms with Gasteiger partial charge in [0, 0.05) is 22.0 Å². The second-order valence-electron chi connectivity index (χ2n) is 5.63. The molecule has 4 rings (SSSR count). The predicted octanol–water partition coefficient (Wildman–Crippen LogP) is 3.38. The minimum absolute atomic E-state index is 0.00429. The molecule has 0 spiro atoms. The Kier molecular flexibility index (Phi) is 3.99. The SMILES string of the molecule is COc1ccc2sc3c(NCCO)nc4ccccc4c3c(=O)c2c1. The normalized spacial score (nSPS) is 11.3. The van der Waals surface area contributed by atoms with Gasteiger partial charge in [-0.05, 0) is 24.3 Å². The smallest absolute Gasteiger partial charge is 0.196 e. The Balaban J connectivity index is 2.17. The molecule has 126 valence electrons. The van der Waals surface area contributed by atoms with Gasteiger partial charge in [0.1, 0.15) is 11.6 Å². The third-order valence-electron chi connectivity index (χ3n) is 4.12. The molecule has 2 aromatic heterocycles. The Morgan fingerprint density at radius 1 is 1.20 bits per heavy atom. The zero-order valence-electron chi connectivity index (χ0n) is 13.6. The minimum atomic E-state index is -0.0340. The number of methoxy groups -OCH3 is 1. The summed E-state index contributed by atoms with van der Waals surface area (Å²) in [7, 11) is 1.59. The van der Waals surface area contributed by atoms with E-state index in [-0.39, 0.29) is 12.0 Å². The van der Waals surface area contributed by atoms with Crippen molar-refractivity contribution in [2.24, 2.45) is 0 Å². The number of aliphatic hydroxyl groups excluding tert-OH is 1. The monoisotopic (exact) mass is 352 g/mol. The number of nitrogens with one attached hydrogen (secondary N) is 1. The van der Waals surface area contributed by atoms with E-state index in [0.717, 1.165) is 20.3 Å². The maximum Gasteiger partial charge on any atom is 0.196 e. The van der Waals surface area contributed by atoms with Gasteiger partial charge >= 0.3 is 0 Å². The summed E-state index contributed by atoms with van der Waals surface area (Å²) in [5.41, 5.74) is 0.718. The quantitative estimate of drug-likeness (QED) is 0.435. The summed E-state index contributed by atoms with van der Waals surface area (Å²) >= 11 is 1.51. The zero-order chi connectivity index (χ0) is 17.4. The van der Waals surface area contributed by atoms with Crippen molar-refractivity contribution in [1.29, 1.82) is 0 Å². The molecule has 2 heterocycles. The van der Waals surface area contributed by atoms with Crippen LogP contribution >= 0.6 is 11.3 Å². The molecule has 0 unspecified atom stereocenters. The van der Waals surface area contributed by atoms with Gasteiger partial charge in [0.2, 0.25) is 0 Å². The lowest BCUT2D eigenvalue weighted by atomic mass is 10.1. The average molecular weight is 352 g/mol. The lowest BCUT2D eigenvalue weighted by molar-refractivity contribution is 0.311. The van der Waals surface area contributed by atoms with Crippen molar-refractivity contribution >= 4 is 48.2 Å². The van der Waals surface area contributed by atoms with Crippen molar-refractivity contribution in [2.75, 3.05) is 25.6 Å². The summed E-state index contributed by atoms with van der Waals surface area (Å²) in [5.74, 6) is 1.29. The molecule has 0 saturated carbocycles. The van der Waals surface area contributed by atoms with E-state index in [9.17, 15) is 4.79 Å². The zero-order valence-corrected chi connectivity index (χ0v) is 14.4. The highest BCUT2D eigenvalue weighted by Crippen LogP contribution is 2.34. The largest absolute Gasteiger partial charge is 0.497 e. The molecule has 4 aromatic rings. The summed E-state index contributed by atoms with van der Waals surface area (Å²) in [4.78, 5) is 17.9. The number of anilines is 1. The van der Waals surface area contributed by atoms with E-state index in [0.29, 0.717) is 28.9 Å². The number of fused-ring (bicyclic) bond motifs is 4. The number of para-hydroxylation sites is 1. The number of rotatable bonds is 4. The number of hydrogen-bond donors (Lipinski definition) is 2. The van der Waals surface area contributed by atoms with E-state index < -0.39 is 0 Å². The average Bonchev–Trinajstić information content (AvgIpc) is 2.66. The Morgan fingerprint density at radius 2 is 2.04 bits per heavy atom. The van der Waals surface area contributed by atoms with E-state index >= 15 is 0 Å². The number of aromatic nitrogens is 1. The summed E-state index contributed by atoms with van der Waals surface area (Å²) in [6.45, 7) is 0.373. The highest BCUT2D eigenvalue weighted by atomic mass is 32.1. The first-order valence-corrected chi connectivity index (χ1v) is 8.72. The maximum absolute atomic E-state index is 13.2. The molecule has 0 atom stereocenters. The third-order valence-corrected chi connectivity index (χ3v) is 5.30. The topological polar surface area (TPSA) is 71.4 Å². The molecule has 2 aromatic carbocycles. The van der Waals surface area contributed by atoms with Crippen LogP contribution in [0.5, 0.6) is 5.75 Å². The molecule has 0 fully saturated rings. The van der Waals surface area contributed by atoms with Crippen LogP contribution in [0.3, 0.4) is 0 Å². The molecule has 25 heavy (non-hydrogen) atoms. The molecule has 2 N–H and O–H groups in total. The third kappa shape index (κ3) is 2.59. The molecular weight excluding hydrogens is 336 g/mol. The highest BCUT2D eigenvalue weighted by molar-refractivity contribution is 7.25. The van der Waals surface area contributed by atoms with Gasteiger partial charge in [-0.1, -0.05) is 18.2 Å². The van der Waals surface area contributed by atoms with Gasteiger partial charge in [-0.3, -0.25) is 4.79 Å². The van der Waals surface area contributed by atoms with Crippen molar-refractivity contribution in [3.05, 3.63) is 52.7 Å². The maximum atomic E-state index is 13.2. The fourth-order valence-corrected chi connectivity index (χ4v) is 4.10. The number of benzene rings is 2. The van der Waals surface area contributed by atoms with E-state index in [1.165, 1.54) is 11.3 Å². The van der Waals surface area contributed by atoms with Crippen LogP contribution in [0.4, 0.5) is 5.82 Å². The number of hydrogen-bond acceptors (Lipinski definition) is 6. The molecule has 0 aliphatic heterocycles. The van der Waals surface area contributed by atoms with Gasteiger partial charge in [0.25, 0.3) is 0 Å². The van der Waals surface area contributed by atoms with Gasteiger partial charge in [-0.25, -0.2) is 4.98 Å². The van der Waals surface area contributed by atoms with E-state index in [4.69, 9.17) is 9.84 Å². The second kappa shape index (κ2) is 6.31. The van der Waals surface area contributed by atoms with Crippen molar-refractivity contribution in [3.8, 4) is 5.75 Å². The van der Waals surface area contributed by atoms with E-state index in [1.54, 1.807) is 13.2 Å². The van der Waals surface area contributed by atoms with Crippen LogP contribution < -0.4 is 15.5 Å². The van der Waals surface area contributed by atoms with Crippen LogP contribution in [0.25, 0.3) is 31.1 Å². The van der Waals surface area contributed by atoms with Gasteiger partial charge in [-0.15, -0.1) is 11.3 Å². The van der Waals surface area contributed by atoms with Crippen LogP contribution in [0, 0.1) is 0 Å². The summed E-state index contributed by atoms with van der Waals surface area (Å²) < 4.78 is 6.94. The molecule has 0 amide bonds. The predicted molar refractivity (Wildman–Crippen MR) is 103 cm³/mol. The van der Waals surface area contributed by atoms with Crippen LogP contribution in [0.2, 0.25) is 0 Å². The molecule has 0 radical (unpaired) electrons. The number of aliphatic hydroxyl groups is 1. The van der Waals surface area contributed by atoms with Crippen LogP contribution in [0.1, 0.15) is 0 Å². The van der Waals surface area contributed by atoms with Gasteiger partial charge < -0.3 is 15.2 Å². The molecule has 0 saturated heterocycles. The molecule has 6 heteroatoms. The second-order valence-corrected chi connectivity index (χ2v) is 6.68. The Hall–Kier alpha value is -2.70. The minimum Gasteiger partial charge on any atom is -0.497 e. The first kappa shape index (κ1) is 15.8. The van der Waals surface area contributed by atoms with Crippen LogP contribution in [0.15, 0.2) is 47.3 Å². The Morgan fingerprint density at radius 3 is 2.84 bits per heavy atom. The van der Waals surface area contributed by atoms with Gasteiger partial charge in [0.15, 0.2) is 5.43 Å². The number of pyridine rings is 1. The molecule has 0 aliphatic rings. The highest BCUT2D eigenvalue weighted by Gasteiger charge is 2.15. The standard InChI is InChI=1S/C19H16N2O3S/c1-24-11-6-7-15-13(10-11)17(23)16-12-4-2-3-5-14(12)21-19(18(16)25-15)20-8-9-22/h2-7,10,22H,8-9H2,1H3,(H,20,21). The summed E-state index contributed by atoms with van der Waals surface area (Å²) in [5, 5.41) is 14.4. The molecular formula is C19H16N2O3S. The molecule has 0 aliphatic carbocycles. The van der Waals surface area contributed by atoms with Crippen molar-refractivity contribution in [1.82, 2.24) is 4.98 Å². The fraction of sp³-hybridized carbons (Fsp3) is 0.158. The first-order chi connectivity index (χ1) is 12.2. The van der Waals surface area contributed by atoms with E-state index in [1.807, 2.05) is 36.4 Å². The van der Waals surface area contributed by atoms with Crippen molar-refractivity contribution < 1.29 is 9.84 Å². The van der Waals surface area contributed by atoms with E-state index in [2.05, 4.69) is 10.3 Å². The lowest BCUT2D eigenvalue weighted by Gasteiger charge is -2.11. The Labute approximate surface area is 147 Å².